The first-order valence-electron chi connectivity index (χ1n) is 6.65. The summed E-state index contributed by atoms with van der Waals surface area (Å²) in [6.07, 6.45) is 1.96. The van der Waals surface area contributed by atoms with E-state index in [1.165, 1.54) is 0 Å². The van der Waals surface area contributed by atoms with Crippen LogP contribution >= 0.6 is 11.6 Å². The SMILES string of the molecule is COc1ccc(Cl)c(-n2cc(C)nc2NCC(C)C)c1. The summed E-state index contributed by atoms with van der Waals surface area (Å²) in [5.41, 5.74) is 1.80. The topological polar surface area (TPSA) is 39.1 Å². The van der Waals surface area contributed by atoms with E-state index in [4.69, 9.17) is 16.3 Å². The first-order chi connectivity index (χ1) is 9.51. The van der Waals surface area contributed by atoms with E-state index >= 15 is 0 Å². The van der Waals surface area contributed by atoms with E-state index in [1.807, 2.05) is 35.9 Å². The summed E-state index contributed by atoms with van der Waals surface area (Å²) in [5.74, 6) is 2.11. The summed E-state index contributed by atoms with van der Waals surface area (Å²) in [5, 5.41) is 4.01. The minimum atomic E-state index is 0.543. The second-order valence-electron chi connectivity index (χ2n) is 5.17. The maximum Gasteiger partial charge on any atom is 0.207 e. The summed E-state index contributed by atoms with van der Waals surface area (Å²) in [7, 11) is 1.64. The fourth-order valence-corrected chi connectivity index (χ4v) is 2.11. The third-order valence-electron chi connectivity index (χ3n) is 2.91. The minimum absolute atomic E-state index is 0.543. The smallest absolute Gasteiger partial charge is 0.207 e. The lowest BCUT2D eigenvalue weighted by atomic mass is 10.2. The normalized spacial score (nSPS) is 10.9. The summed E-state index contributed by atoms with van der Waals surface area (Å²) in [6, 6.07) is 5.58. The molecule has 0 spiro atoms. The van der Waals surface area contributed by atoms with Crippen LogP contribution in [0.4, 0.5) is 5.95 Å². The molecule has 0 unspecified atom stereocenters. The molecule has 5 heteroatoms. The fraction of sp³-hybridized carbons (Fsp3) is 0.400. The molecule has 1 heterocycles. The average Bonchev–Trinajstić information content (AvgIpc) is 2.78. The average molecular weight is 294 g/mol. The van der Waals surface area contributed by atoms with E-state index in [0.29, 0.717) is 10.9 Å². The van der Waals surface area contributed by atoms with Gasteiger partial charge < -0.3 is 10.1 Å². The zero-order chi connectivity index (χ0) is 14.7. The number of nitrogens with zero attached hydrogens (tertiary/aromatic N) is 2. The summed E-state index contributed by atoms with van der Waals surface area (Å²) in [4.78, 5) is 4.51. The second kappa shape index (κ2) is 6.18. The molecule has 20 heavy (non-hydrogen) atoms. The molecule has 2 aromatic rings. The Labute approximate surface area is 124 Å². The maximum atomic E-state index is 6.30. The molecule has 0 aliphatic rings. The molecular formula is C15H20ClN3O. The van der Waals surface area contributed by atoms with Crippen molar-refractivity contribution >= 4 is 17.5 Å². The Hall–Kier alpha value is -1.68. The second-order valence-corrected chi connectivity index (χ2v) is 5.58. The predicted molar refractivity (Wildman–Crippen MR) is 83.2 cm³/mol. The third kappa shape index (κ3) is 3.25. The van der Waals surface area contributed by atoms with Crippen LogP contribution in [0.5, 0.6) is 5.75 Å². The number of methoxy groups -OCH3 is 1. The van der Waals surface area contributed by atoms with Crippen LogP contribution < -0.4 is 10.1 Å². The largest absolute Gasteiger partial charge is 0.497 e. The highest BCUT2D eigenvalue weighted by atomic mass is 35.5. The molecule has 0 fully saturated rings. The highest BCUT2D eigenvalue weighted by molar-refractivity contribution is 6.32. The van der Waals surface area contributed by atoms with Crippen LogP contribution in [0.25, 0.3) is 5.69 Å². The van der Waals surface area contributed by atoms with Gasteiger partial charge >= 0.3 is 0 Å². The number of aromatic nitrogens is 2. The monoisotopic (exact) mass is 293 g/mol. The van der Waals surface area contributed by atoms with Crippen LogP contribution in [0.3, 0.4) is 0 Å². The molecule has 0 aliphatic heterocycles. The van der Waals surface area contributed by atoms with E-state index in [0.717, 1.165) is 29.6 Å². The van der Waals surface area contributed by atoms with Gasteiger partial charge in [-0.25, -0.2) is 4.98 Å². The highest BCUT2D eigenvalue weighted by Crippen LogP contribution is 2.28. The number of anilines is 1. The van der Waals surface area contributed by atoms with Crippen molar-refractivity contribution in [2.45, 2.75) is 20.8 Å². The molecule has 0 saturated carbocycles. The first-order valence-corrected chi connectivity index (χ1v) is 7.03. The predicted octanol–water partition coefficient (Wildman–Crippen LogP) is 3.91. The standard InChI is InChI=1S/C15H20ClN3O/c1-10(2)8-17-15-18-11(3)9-19(15)14-7-12(20-4)5-6-13(14)16/h5-7,9-10H,8H2,1-4H3,(H,17,18). The molecule has 0 atom stereocenters. The number of hydrogen-bond acceptors (Lipinski definition) is 3. The Kier molecular flexibility index (Phi) is 4.55. The van der Waals surface area contributed by atoms with Crippen molar-refractivity contribution in [2.24, 2.45) is 5.92 Å². The van der Waals surface area contributed by atoms with E-state index in [-0.39, 0.29) is 0 Å². The summed E-state index contributed by atoms with van der Waals surface area (Å²) >= 11 is 6.30. The molecule has 0 radical (unpaired) electrons. The van der Waals surface area contributed by atoms with Gasteiger partial charge in [0.15, 0.2) is 0 Å². The fourth-order valence-electron chi connectivity index (χ4n) is 1.91. The number of halogens is 1. The van der Waals surface area contributed by atoms with Crippen LogP contribution in [-0.4, -0.2) is 23.2 Å². The number of imidazole rings is 1. The number of benzene rings is 1. The molecule has 1 aromatic carbocycles. The zero-order valence-corrected chi connectivity index (χ0v) is 13.0. The van der Waals surface area contributed by atoms with Crippen LogP contribution in [0.15, 0.2) is 24.4 Å². The van der Waals surface area contributed by atoms with E-state index in [2.05, 4.69) is 24.1 Å². The Balaban J connectivity index is 2.41. The lowest BCUT2D eigenvalue weighted by Gasteiger charge is -2.13. The van der Waals surface area contributed by atoms with Crippen molar-refractivity contribution in [3.05, 3.63) is 35.1 Å². The van der Waals surface area contributed by atoms with Gasteiger partial charge in [-0.05, 0) is 25.0 Å². The quantitative estimate of drug-likeness (QED) is 0.908. The molecule has 1 N–H and O–H groups in total. The highest BCUT2D eigenvalue weighted by Gasteiger charge is 2.11. The van der Waals surface area contributed by atoms with Crippen molar-refractivity contribution in [1.29, 1.82) is 0 Å². The van der Waals surface area contributed by atoms with Crippen LogP contribution in [0.1, 0.15) is 19.5 Å². The molecule has 0 aliphatic carbocycles. The van der Waals surface area contributed by atoms with Crippen LogP contribution in [0.2, 0.25) is 5.02 Å². The molecule has 108 valence electrons. The van der Waals surface area contributed by atoms with E-state index < -0.39 is 0 Å². The lowest BCUT2D eigenvalue weighted by molar-refractivity contribution is 0.414. The Morgan fingerprint density at radius 1 is 1.40 bits per heavy atom. The van der Waals surface area contributed by atoms with Gasteiger partial charge in [0.2, 0.25) is 5.95 Å². The summed E-state index contributed by atoms with van der Waals surface area (Å²) < 4.78 is 7.22. The minimum Gasteiger partial charge on any atom is -0.497 e. The van der Waals surface area contributed by atoms with Crippen molar-refractivity contribution in [3.8, 4) is 11.4 Å². The number of hydrogen-bond donors (Lipinski definition) is 1. The van der Waals surface area contributed by atoms with Gasteiger partial charge in [-0.3, -0.25) is 4.57 Å². The van der Waals surface area contributed by atoms with Crippen LogP contribution in [-0.2, 0) is 0 Å². The number of ether oxygens (including phenoxy) is 1. The Morgan fingerprint density at radius 3 is 2.80 bits per heavy atom. The van der Waals surface area contributed by atoms with Crippen molar-refractivity contribution in [3.63, 3.8) is 0 Å². The van der Waals surface area contributed by atoms with Gasteiger partial charge in [0, 0.05) is 18.8 Å². The van der Waals surface area contributed by atoms with Gasteiger partial charge in [-0.1, -0.05) is 25.4 Å². The molecule has 0 amide bonds. The number of aryl methyl sites for hydroxylation is 1. The van der Waals surface area contributed by atoms with Gasteiger partial charge in [0.05, 0.1) is 23.5 Å². The van der Waals surface area contributed by atoms with Gasteiger partial charge in [0.25, 0.3) is 0 Å². The van der Waals surface area contributed by atoms with Gasteiger partial charge in [-0.15, -0.1) is 0 Å². The Bertz CT molecular complexity index is 593. The van der Waals surface area contributed by atoms with Crippen molar-refractivity contribution in [1.82, 2.24) is 9.55 Å². The maximum absolute atomic E-state index is 6.30. The molecule has 0 saturated heterocycles. The van der Waals surface area contributed by atoms with Crippen molar-refractivity contribution in [2.75, 3.05) is 19.0 Å². The molecular weight excluding hydrogens is 274 g/mol. The van der Waals surface area contributed by atoms with Gasteiger partial charge in [-0.2, -0.15) is 0 Å². The van der Waals surface area contributed by atoms with Crippen molar-refractivity contribution < 1.29 is 4.74 Å². The number of rotatable bonds is 5. The number of nitrogens with one attached hydrogen (secondary N) is 1. The molecule has 0 bridgehead atoms. The molecule has 1 aromatic heterocycles. The lowest BCUT2D eigenvalue weighted by Crippen LogP contribution is -2.12. The Morgan fingerprint density at radius 2 is 2.15 bits per heavy atom. The summed E-state index contributed by atoms with van der Waals surface area (Å²) in [6.45, 7) is 7.14. The first kappa shape index (κ1) is 14.7. The molecule has 4 nitrogen and oxygen atoms in total. The third-order valence-corrected chi connectivity index (χ3v) is 3.23. The zero-order valence-electron chi connectivity index (χ0n) is 12.3. The van der Waals surface area contributed by atoms with Crippen LogP contribution in [0, 0.1) is 12.8 Å². The van der Waals surface area contributed by atoms with E-state index in [1.54, 1.807) is 7.11 Å². The van der Waals surface area contributed by atoms with E-state index in [9.17, 15) is 0 Å². The van der Waals surface area contributed by atoms with Gasteiger partial charge in [0.1, 0.15) is 5.75 Å². The molecule has 2 rings (SSSR count).